The van der Waals surface area contributed by atoms with Crippen molar-refractivity contribution >= 4 is 19.9 Å². The Morgan fingerprint density at radius 1 is 1.22 bits per heavy atom. The highest BCUT2D eigenvalue weighted by molar-refractivity contribution is 6.83. The van der Waals surface area contributed by atoms with Crippen molar-refractivity contribution in [2.24, 2.45) is 23.7 Å². The second-order valence-corrected chi connectivity index (χ2v) is 13.3. The number of fused-ring (bicyclic) bond motifs is 8. The highest BCUT2D eigenvalue weighted by Gasteiger charge is 2.85. The zero-order valence-corrected chi connectivity index (χ0v) is 15.4. The highest BCUT2D eigenvalue weighted by Crippen LogP contribution is 2.73. The molecule has 2 saturated heterocycles. The molecule has 2 saturated carbocycles. The fourth-order valence-electron chi connectivity index (χ4n) is 6.58. The first kappa shape index (κ1) is 15.6. The smallest absolute Gasteiger partial charge is 0.233 e. The van der Waals surface area contributed by atoms with E-state index in [1.165, 1.54) is 23.0 Å². The van der Waals surface area contributed by atoms with E-state index < -0.39 is 8.07 Å². The molecule has 0 aromatic heterocycles. The summed E-state index contributed by atoms with van der Waals surface area (Å²) in [6.45, 7) is 11.0. The lowest BCUT2D eigenvalue weighted by Gasteiger charge is -2.40. The molecule has 0 spiro atoms. The van der Waals surface area contributed by atoms with Crippen molar-refractivity contribution < 1.29 is 14.3 Å². The summed E-state index contributed by atoms with van der Waals surface area (Å²) in [5.41, 5.74) is 0. The quantitative estimate of drug-likeness (QED) is 0.325. The first-order valence-corrected chi connectivity index (χ1v) is 11.8. The number of amides is 2. The minimum atomic E-state index is -1.56. The van der Waals surface area contributed by atoms with Crippen LogP contribution in [0.25, 0.3) is 0 Å². The van der Waals surface area contributed by atoms with Gasteiger partial charge in [0.25, 0.3) is 0 Å². The maximum absolute atomic E-state index is 12.9. The van der Waals surface area contributed by atoms with Gasteiger partial charge in [-0.05, 0) is 6.42 Å². The van der Waals surface area contributed by atoms with E-state index in [9.17, 15) is 9.59 Å². The van der Waals surface area contributed by atoms with E-state index in [0.717, 1.165) is 6.42 Å². The lowest BCUT2D eigenvalue weighted by Crippen LogP contribution is -2.56. The van der Waals surface area contributed by atoms with E-state index in [4.69, 9.17) is 4.74 Å². The summed E-state index contributed by atoms with van der Waals surface area (Å²) < 4.78 is 6.41. The lowest BCUT2D eigenvalue weighted by molar-refractivity contribution is -0.140. The van der Waals surface area contributed by atoms with Crippen molar-refractivity contribution in [2.45, 2.75) is 56.7 Å². The van der Waals surface area contributed by atoms with Crippen molar-refractivity contribution in [1.82, 2.24) is 4.90 Å². The molecular formula is C18H27NO3Si. The number of hydrogen-bond donors (Lipinski definition) is 0. The van der Waals surface area contributed by atoms with Gasteiger partial charge in [0.2, 0.25) is 11.8 Å². The minimum absolute atomic E-state index is 0.00277. The number of ether oxygens (including phenoxy) is 1. The molecular weight excluding hydrogens is 306 g/mol. The van der Waals surface area contributed by atoms with Crippen LogP contribution in [0.15, 0.2) is 12.7 Å². The van der Waals surface area contributed by atoms with Crippen molar-refractivity contribution in [3.63, 3.8) is 0 Å². The molecule has 5 heteroatoms. The molecule has 4 nitrogen and oxygen atoms in total. The molecule has 2 amide bonds. The minimum Gasteiger partial charge on any atom is -0.369 e. The first-order chi connectivity index (χ1) is 11.0. The van der Waals surface area contributed by atoms with Gasteiger partial charge in [-0.15, -0.1) is 6.58 Å². The Morgan fingerprint density at radius 2 is 1.83 bits per heavy atom. The molecule has 2 bridgehead atoms. The summed E-state index contributed by atoms with van der Waals surface area (Å²) in [7, 11) is -1.56. The number of rotatable bonds is 6. The number of hydrogen-bond acceptors (Lipinski definition) is 3. The Bertz CT molecular complexity index is 579. The van der Waals surface area contributed by atoms with E-state index in [0.29, 0.717) is 12.5 Å². The van der Waals surface area contributed by atoms with Crippen LogP contribution in [-0.2, 0) is 14.3 Å². The van der Waals surface area contributed by atoms with E-state index in [2.05, 4.69) is 27.4 Å². The maximum Gasteiger partial charge on any atom is 0.233 e. The Hall–Kier alpha value is -0.943. The predicted molar refractivity (Wildman–Crippen MR) is 90.3 cm³/mol. The first-order valence-electron chi connectivity index (χ1n) is 9.16. The van der Waals surface area contributed by atoms with Gasteiger partial charge in [0, 0.05) is 18.4 Å². The third-order valence-electron chi connectivity index (χ3n) is 7.71. The van der Waals surface area contributed by atoms with Gasteiger partial charge in [-0.2, -0.15) is 0 Å². The SMILES string of the molecule is C=CCN1C(=O)C2C3CC(C2C1=O)C1([Si](CC)(CC)CC)OC31. The zero-order chi connectivity index (χ0) is 16.6. The molecule has 0 N–H and O–H groups in total. The molecule has 0 aromatic rings. The molecule has 6 atom stereocenters. The molecule has 4 fully saturated rings. The summed E-state index contributed by atoms with van der Waals surface area (Å²) in [5, 5.41) is -0.00277. The van der Waals surface area contributed by atoms with Crippen LogP contribution >= 0.6 is 0 Å². The fraction of sp³-hybridized carbons (Fsp3) is 0.778. The number of epoxide rings is 1. The topological polar surface area (TPSA) is 49.9 Å². The Labute approximate surface area is 139 Å². The monoisotopic (exact) mass is 333 g/mol. The fourth-order valence-corrected chi connectivity index (χ4v) is 12.0. The van der Waals surface area contributed by atoms with Crippen LogP contribution in [0.3, 0.4) is 0 Å². The third-order valence-corrected chi connectivity index (χ3v) is 14.2. The number of carbonyl (C=O) groups excluding carboxylic acids is 2. The highest BCUT2D eigenvalue weighted by atomic mass is 28.3. The molecule has 0 radical (unpaired) electrons. The summed E-state index contributed by atoms with van der Waals surface area (Å²) >= 11 is 0. The Balaban J connectivity index is 1.72. The van der Waals surface area contributed by atoms with E-state index in [1.807, 2.05) is 0 Å². The lowest BCUT2D eigenvalue weighted by atomic mass is 9.81. The largest absolute Gasteiger partial charge is 0.369 e. The van der Waals surface area contributed by atoms with Crippen LogP contribution in [-0.4, -0.2) is 42.7 Å². The van der Waals surface area contributed by atoms with Crippen molar-refractivity contribution in [3.8, 4) is 0 Å². The zero-order valence-electron chi connectivity index (χ0n) is 14.4. The molecule has 4 rings (SSSR count). The van der Waals surface area contributed by atoms with Crippen LogP contribution in [0, 0.1) is 23.7 Å². The number of likely N-dealkylation sites (tertiary alicyclic amines) is 1. The molecule has 2 aliphatic heterocycles. The van der Waals surface area contributed by atoms with Crippen LogP contribution in [0.2, 0.25) is 18.1 Å². The van der Waals surface area contributed by atoms with Gasteiger partial charge in [0.05, 0.1) is 31.2 Å². The summed E-state index contributed by atoms with van der Waals surface area (Å²) in [5.74, 6) is 0.446. The molecule has 4 aliphatic rings. The van der Waals surface area contributed by atoms with Crippen LogP contribution in [0.1, 0.15) is 27.2 Å². The van der Waals surface area contributed by atoms with Gasteiger partial charge in [0.1, 0.15) is 0 Å². The van der Waals surface area contributed by atoms with Crippen LogP contribution in [0.4, 0.5) is 0 Å². The molecule has 126 valence electrons. The summed E-state index contributed by atoms with van der Waals surface area (Å²) in [6.07, 6.45) is 2.96. The van der Waals surface area contributed by atoms with Crippen molar-refractivity contribution in [1.29, 1.82) is 0 Å². The third kappa shape index (κ3) is 1.51. The predicted octanol–water partition coefficient (Wildman–Crippen LogP) is 2.61. The standard InChI is InChI=1S/C18H27NO3Si/c1-5-9-19-16(20)13-11-10-12(14(13)17(19)21)18(15(11)22-18)23(6-2,7-3)8-4/h5,11-15H,1,6-10H2,2-4H3. The van der Waals surface area contributed by atoms with Crippen LogP contribution < -0.4 is 0 Å². The normalized spacial score (nSPS) is 43.8. The van der Waals surface area contributed by atoms with Gasteiger partial charge >= 0.3 is 0 Å². The number of carbonyl (C=O) groups is 2. The molecule has 2 aliphatic carbocycles. The molecule has 2 heterocycles. The van der Waals surface area contributed by atoms with Gasteiger partial charge in [-0.1, -0.05) is 45.0 Å². The Kier molecular flexibility index (Phi) is 3.24. The van der Waals surface area contributed by atoms with Crippen molar-refractivity contribution in [3.05, 3.63) is 12.7 Å². The number of nitrogens with zero attached hydrogens (tertiary/aromatic N) is 1. The molecule has 0 aromatic carbocycles. The summed E-state index contributed by atoms with van der Waals surface area (Å²) in [4.78, 5) is 27.1. The molecule has 6 unspecified atom stereocenters. The van der Waals surface area contributed by atoms with E-state index in [1.54, 1.807) is 6.08 Å². The average molecular weight is 334 g/mol. The van der Waals surface area contributed by atoms with Gasteiger partial charge in [-0.25, -0.2) is 0 Å². The van der Waals surface area contributed by atoms with E-state index >= 15 is 0 Å². The second-order valence-electron chi connectivity index (χ2n) is 7.81. The molecule has 23 heavy (non-hydrogen) atoms. The number of imide groups is 1. The second kappa shape index (κ2) is 4.79. The van der Waals surface area contributed by atoms with E-state index in [-0.39, 0.29) is 40.9 Å². The Morgan fingerprint density at radius 3 is 2.39 bits per heavy atom. The van der Waals surface area contributed by atoms with Gasteiger partial charge < -0.3 is 4.74 Å². The average Bonchev–Trinajstić information content (AvgIpc) is 3.00. The van der Waals surface area contributed by atoms with Gasteiger partial charge in [0.15, 0.2) is 0 Å². The van der Waals surface area contributed by atoms with Gasteiger partial charge in [-0.3, -0.25) is 14.5 Å². The van der Waals surface area contributed by atoms with Crippen molar-refractivity contribution in [2.75, 3.05) is 6.54 Å². The summed E-state index contributed by atoms with van der Waals surface area (Å²) in [6, 6.07) is 3.65. The van der Waals surface area contributed by atoms with Crippen LogP contribution in [0.5, 0.6) is 0 Å². The maximum atomic E-state index is 12.9.